The predicted molar refractivity (Wildman–Crippen MR) is 117 cm³/mol. The van der Waals surface area contributed by atoms with Gasteiger partial charge in [-0.05, 0) is 37.1 Å². The molecule has 1 unspecified atom stereocenters. The number of benzene rings is 2. The molecule has 0 aliphatic carbocycles. The standard InChI is InChI=1S/C23H24N4O5/c28-22(25-15-7-8-18-20(12-15)32-11-10-31-18)14-27-17-5-2-1-4-16(17)26-21(27)13-24-23(29)19-6-3-9-30-19/h1-2,4-5,7-8,12,19H,3,6,9-11,13-14H2,(H,24,29)(H,25,28). The number of rotatable bonds is 6. The molecule has 0 radical (unpaired) electrons. The molecule has 166 valence electrons. The molecule has 0 spiro atoms. The molecule has 1 atom stereocenters. The molecule has 32 heavy (non-hydrogen) atoms. The van der Waals surface area contributed by atoms with E-state index in [9.17, 15) is 9.59 Å². The third kappa shape index (κ3) is 4.24. The Bertz CT molecular complexity index is 1150. The van der Waals surface area contributed by atoms with E-state index < -0.39 is 6.10 Å². The van der Waals surface area contributed by atoms with Crippen LogP contribution in [0, 0.1) is 0 Å². The van der Waals surface area contributed by atoms with E-state index in [-0.39, 0.29) is 24.9 Å². The van der Waals surface area contributed by atoms with Crippen molar-refractivity contribution >= 4 is 28.5 Å². The highest BCUT2D eigenvalue weighted by molar-refractivity contribution is 5.92. The number of nitrogens with zero attached hydrogens (tertiary/aromatic N) is 2. The zero-order chi connectivity index (χ0) is 21.9. The predicted octanol–water partition coefficient (Wildman–Crippen LogP) is 2.24. The first kappa shape index (κ1) is 20.3. The summed E-state index contributed by atoms with van der Waals surface area (Å²) in [5.41, 5.74) is 2.21. The van der Waals surface area contributed by atoms with Crippen LogP contribution in [-0.4, -0.2) is 47.3 Å². The smallest absolute Gasteiger partial charge is 0.249 e. The second kappa shape index (κ2) is 8.88. The van der Waals surface area contributed by atoms with Gasteiger partial charge in [-0.3, -0.25) is 9.59 Å². The summed E-state index contributed by atoms with van der Waals surface area (Å²) in [6.07, 6.45) is 1.20. The van der Waals surface area contributed by atoms with E-state index in [0.29, 0.717) is 42.8 Å². The van der Waals surface area contributed by atoms with Gasteiger partial charge in [0.05, 0.1) is 17.6 Å². The van der Waals surface area contributed by atoms with E-state index in [1.165, 1.54) is 0 Å². The number of aromatic nitrogens is 2. The van der Waals surface area contributed by atoms with Crippen LogP contribution in [-0.2, 0) is 27.4 Å². The maximum atomic E-state index is 12.9. The third-order valence-electron chi connectivity index (χ3n) is 5.50. The number of carbonyl (C=O) groups excluding carboxylic acids is 2. The summed E-state index contributed by atoms with van der Waals surface area (Å²) >= 11 is 0. The zero-order valence-electron chi connectivity index (χ0n) is 17.5. The maximum absolute atomic E-state index is 12.9. The van der Waals surface area contributed by atoms with Crippen LogP contribution in [0.5, 0.6) is 11.5 Å². The van der Waals surface area contributed by atoms with Crippen molar-refractivity contribution in [3.8, 4) is 11.5 Å². The first-order valence-corrected chi connectivity index (χ1v) is 10.7. The molecule has 2 N–H and O–H groups in total. The van der Waals surface area contributed by atoms with Crippen LogP contribution in [0.4, 0.5) is 5.69 Å². The van der Waals surface area contributed by atoms with Gasteiger partial charge in [-0.25, -0.2) is 4.98 Å². The lowest BCUT2D eigenvalue weighted by atomic mass is 10.2. The number of carbonyl (C=O) groups is 2. The summed E-state index contributed by atoms with van der Waals surface area (Å²) in [5.74, 6) is 1.52. The molecule has 2 aromatic carbocycles. The Labute approximate surface area is 184 Å². The van der Waals surface area contributed by atoms with E-state index in [0.717, 1.165) is 23.9 Å². The van der Waals surface area contributed by atoms with Crippen molar-refractivity contribution in [2.24, 2.45) is 0 Å². The van der Waals surface area contributed by atoms with Gasteiger partial charge in [0.25, 0.3) is 0 Å². The van der Waals surface area contributed by atoms with Gasteiger partial charge in [-0.2, -0.15) is 0 Å². The number of imidazole rings is 1. The van der Waals surface area contributed by atoms with Gasteiger partial charge in [0.1, 0.15) is 31.7 Å². The lowest BCUT2D eigenvalue weighted by molar-refractivity contribution is -0.130. The van der Waals surface area contributed by atoms with Crippen LogP contribution < -0.4 is 20.1 Å². The highest BCUT2D eigenvalue weighted by Crippen LogP contribution is 2.32. The second-order valence-corrected chi connectivity index (χ2v) is 7.73. The lowest BCUT2D eigenvalue weighted by Crippen LogP contribution is -2.34. The molecular formula is C23H24N4O5. The molecule has 0 saturated carbocycles. The van der Waals surface area contributed by atoms with Gasteiger partial charge in [0.15, 0.2) is 11.5 Å². The first-order valence-electron chi connectivity index (χ1n) is 10.7. The molecular weight excluding hydrogens is 412 g/mol. The lowest BCUT2D eigenvalue weighted by Gasteiger charge is -2.19. The summed E-state index contributed by atoms with van der Waals surface area (Å²) in [7, 11) is 0. The van der Waals surface area contributed by atoms with Gasteiger partial charge < -0.3 is 29.4 Å². The molecule has 2 amide bonds. The molecule has 3 heterocycles. The van der Waals surface area contributed by atoms with Crippen LogP contribution in [0.15, 0.2) is 42.5 Å². The van der Waals surface area contributed by atoms with Gasteiger partial charge >= 0.3 is 0 Å². The normalized spacial score (nSPS) is 17.3. The average Bonchev–Trinajstić information content (AvgIpc) is 3.46. The van der Waals surface area contributed by atoms with Crippen molar-refractivity contribution in [2.45, 2.75) is 32.0 Å². The minimum Gasteiger partial charge on any atom is -0.486 e. The van der Waals surface area contributed by atoms with E-state index in [1.54, 1.807) is 18.2 Å². The van der Waals surface area contributed by atoms with Crippen molar-refractivity contribution in [2.75, 3.05) is 25.1 Å². The number of hydrogen-bond acceptors (Lipinski definition) is 6. The minimum atomic E-state index is -0.411. The van der Waals surface area contributed by atoms with Crippen molar-refractivity contribution in [3.05, 3.63) is 48.3 Å². The molecule has 3 aromatic rings. The van der Waals surface area contributed by atoms with Crippen LogP contribution >= 0.6 is 0 Å². The summed E-state index contributed by atoms with van der Waals surface area (Å²) in [5, 5.41) is 5.79. The zero-order valence-corrected chi connectivity index (χ0v) is 17.5. The highest BCUT2D eigenvalue weighted by atomic mass is 16.6. The molecule has 2 aliphatic heterocycles. The van der Waals surface area contributed by atoms with Crippen molar-refractivity contribution in [1.82, 2.24) is 14.9 Å². The van der Waals surface area contributed by atoms with Gasteiger partial charge in [0.2, 0.25) is 11.8 Å². The number of hydrogen-bond donors (Lipinski definition) is 2. The summed E-state index contributed by atoms with van der Waals surface area (Å²) in [6, 6.07) is 12.9. The van der Waals surface area contributed by atoms with E-state index in [2.05, 4.69) is 15.6 Å². The molecule has 5 rings (SSSR count). The SMILES string of the molecule is O=C(Cn1c(CNC(=O)C2CCCO2)nc2ccccc21)Nc1ccc2c(c1)OCCO2. The van der Waals surface area contributed by atoms with Gasteiger partial charge in [0, 0.05) is 18.4 Å². The Balaban J connectivity index is 1.31. The maximum Gasteiger partial charge on any atom is 0.249 e. The van der Waals surface area contributed by atoms with Crippen LogP contribution in [0.25, 0.3) is 11.0 Å². The average molecular weight is 436 g/mol. The van der Waals surface area contributed by atoms with Gasteiger partial charge in [-0.1, -0.05) is 12.1 Å². The fraction of sp³-hybridized carbons (Fsp3) is 0.348. The number of para-hydroxylation sites is 2. The number of anilines is 1. The van der Waals surface area contributed by atoms with E-state index >= 15 is 0 Å². The summed E-state index contributed by atoms with van der Waals surface area (Å²) in [6.45, 7) is 1.87. The Kier molecular flexibility index (Phi) is 5.64. The number of ether oxygens (including phenoxy) is 3. The number of amides is 2. The summed E-state index contributed by atoms with van der Waals surface area (Å²) in [4.78, 5) is 29.8. The van der Waals surface area contributed by atoms with E-state index in [1.807, 2.05) is 28.8 Å². The van der Waals surface area contributed by atoms with Gasteiger partial charge in [-0.15, -0.1) is 0 Å². The molecule has 1 aromatic heterocycles. The number of fused-ring (bicyclic) bond motifs is 2. The Morgan fingerprint density at radius 2 is 1.91 bits per heavy atom. The third-order valence-corrected chi connectivity index (χ3v) is 5.50. The topological polar surface area (TPSA) is 104 Å². The van der Waals surface area contributed by atoms with Crippen molar-refractivity contribution < 1.29 is 23.8 Å². The van der Waals surface area contributed by atoms with Crippen LogP contribution in [0.1, 0.15) is 18.7 Å². The first-order chi connectivity index (χ1) is 15.7. The Morgan fingerprint density at radius 3 is 2.75 bits per heavy atom. The summed E-state index contributed by atoms with van der Waals surface area (Å²) < 4.78 is 18.4. The number of nitrogens with one attached hydrogen (secondary N) is 2. The fourth-order valence-electron chi connectivity index (χ4n) is 3.97. The Morgan fingerprint density at radius 1 is 1.06 bits per heavy atom. The highest BCUT2D eigenvalue weighted by Gasteiger charge is 2.24. The molecule has 1 saturated heterocycles. The van der Waals surface area contributed by atoms with E-state index in [4.69, 9.17) is 14.2 Å². The molecule has 0 bridgehead atoms. The second-order valence-electron chi connectivity index (χ2n) is 7.73. The molecule has 2 aliphatic rings. The molecule has 1 fully saturated rings. The quantitative estimate of drug-likeness (QED) is 0.614. The fourth-order valence-corrected chi connectivity index (χ4v) is 3.97. The minimum absolute atomic E-state index is 0.0556. The molecule has 9 heteroatoms. The Hall–Kier alpha value is -3.59. The molecule has 9 nitrogen and oxygen atoms in total. The van der Waals surface area contributed by atoms with Crippen LogP contribution in [0.3, 0.4) is 0 Å². The van der Waals surface area contributed by atoms with Crippen molar-refractivity contribution in [1.29, 1.82) is 0 Å². The largest absolute Gasteiger partial charge is 0.486 e. The van der Waals surface area contributed by atoms with Crippen LogP contribution in [0.2, 0.25) is 0 Å². The monoisotopic (exact) mass is 436 g/mol. The van der Waals surface area contributed by atoms with Crippen molar-refractivity contribution in [3.63, 3.8) is 0 Å².